The van der Waals surface area contributed by atoms with Crippen LogP contribution in [0.15, 0.2) is 53.3 Å². The zero-order valence-electron chi connectivity index (χ0n) is 33.5. The molecule has 1 saturated carbocycles. The van der Waals surface area contributed by atoms with Crippen molar-refractivity contribution in [2.24, 2.45) is 5.73 Å². The Hall–Kier alpha value is -4.40. The van der Waals surface area contributed by atoms with E-state index >= 15 is 0 Å². The third-order valence-corrected chi connectivity index (χ3v) is 11.0. The number of alkyl halides is 2. The molecule has 15 heteroatoms. The summed E-state index contributed by atoms with van der Waals surface area (Å²) in [5.41, 5.74) is 3.49. The van der Waals surface area contributed by atoms with Crippen LogP contribution in [0, 0.1) is 0 Å². The van der Waals surface area contributed by atoms with Crippen molar-refractivity contribution in [3.8, 4) is 0 Å². The van der Waals surface area contributed by atoms with Crippen LogP contribution in [0.3, 0.4) is 0 Å². The minimum atomic E-state index is -2.96. The molecule has 1 aliphatic carbocycles. The summed E-state index contributed by atoms with van der Waals surface area (Å²) in [5.74, 6) is -4.31. The highest BCUT2D eigenvalue weighted by molar-refractivity contribution is 7.84. The number of benzene rings is 2. The number of rotatable bonds is 3. The number of hydrogen-bond donors (Lipinski definition) is 4. The zero-order valence-corrected chi connectivity index (χ0v) is 34.3. The molecule has 3 fully saturated rings. The van der Waals surface area contributed by atoms with Gasteiger partial charge in [-0.15, -0.1) is 0 Å². The molecular weight excluding hydrogens is 745 g/mol. The number of nitrogens with two attached hydrogens (primary N) is 1. The number of pyridine rings is 1. The first-order valence-corrected chi connectivity index (χ1v) is 20.8. The Balaban J connectivity index is 0.000000275. The van der Waals surface area contributed by atoms with Crippen molar-refractivity contribution < 1.29 is 36.9 Å². The van der Waals surface area contributed by atoms with E-state index in [1.807, 2.05) is 62.4 Å². The van der Waals surface area contributed by atoms with Crippen LogP contribution in [0.25, 0.3) is 21.7 Å². The molecule has 5 N–H and O–H groups in total. The minimum absolute atomic E-state index is 0.0238. The SMILES string of the molecule is CC.CC(C)(C)OC(N)=O.C[C@]1(C(=O)NS(=O)C2CC2)CCC(F)(F)CCCCCCC(=O)N2CCCC2C(=O)N1.O=c1[nH]c2ccccc2c2ccccc12. The van der Waals surface area contributed by atoms with Crippen LogP contribution < -0.4 is 21.3 Å². The van der Waals surface area contributed by atoms with E-state index in [4.69, 9.17) is 5.73 Å². The van der Waals surface area contributed by atoms with Gasteiger partial charge in [-0.1, -0.05) is 63.1 Å². The number of halogens is 2. The Morgan fingerprint density at radius 1 is 0.875 bits per heavy atom. The highest BCUT2D eigenvalue weighted by Gasteiger charge is 2.44. The van der Waals surface area contributed by atoms with Crippen LogP contribution in [0.2, 0.25) is 0 Å². The first kappa shape index (κ1) is 46.0. The Bertz CT molecular complexity index is 1900. The molecule has 56 heavy (non-hydrogen) atoms. The molecule has 310 valence electrons. The monoisotopic (exact) mass is 803 g/mol. The number of carbonyl (C=O) groups is 4. The van der Waals surface area contributed by atoms with Gasteiger partial charge in [0.05, 0.1) is 5.25 Å². The topological polar surface area (TPSA) is 181 Å². The van der Waals surface area contributed by atoms with Gasteiger partial charge in [-0.25, -0.2) is 17.8 Å². The molecule has 4 amide bonds. The average Bonchev–Trinajstić information content (AvgIpc) is 3.88. The highest BCUT2D eigenvalue weighted by atomic mass is 32.2. The van der Waals surface area contributed by atoms with Gasteiger partial charge in [0.25, 0.3) is 11.5 Å². The van der Waals surface area contributed by atoms with Crippen molar-refractivity contribution in [2.45, 2.75) is 147 Å². The minimum Gasteiger partial charge on any atom is -0.444 e. The summed E-state index contributed by atoms with van der Waals surface area (Å²) in [6.45, 7) is 11.2. The average molecular weight is 804 g/mol. The van der Waals surface area contributed by atoms with Gasteiger partial charge in [-0.05, 0) is 90.2 Å². The van der Waals surface area contributed by atoms with E-state index < -0.39 is 58.4 Å². The predicted molar refractivity (Wildman–Crippen MR) is 216 cm³/mol. The summed E-state index contributed by atoms with van der Waals surface area (Å²) in [7, 11) is -1.59. The van der Waals surface area contributed by atoms with Crippen molar-refractivity contribution in [1.82, 2.24) is 19.9 Å². The maximum atomic E-state index is 14.5. The lowest BCUT2D eigenvalue weighted by atomic mass is 9.91. The third kappa shape index (κ3) is 14.0. The van der Waals surface area contributed by atoms with Gasteiger partial charge in [0.2, 0.25) is 17.7 Å². The molecular formula is C41H59F2N5O7S. The van der Waals surface area contributed by atoms with Gasteiger partial charge < -0.3 is 25.7 Å². The first-order valence-electron chi connectivity index (χ1n) is 19.6. The van der Waals surface area contributed by atoms with Crippen molar-refractivity contribution in [2.75, 3.05) is 6.54 Å². The van der Waals surface area contributed by atoms with Crippen LogP contribution in [0.5, 0.6) is 0 Å². The predicted octanol–water partition coefficient (Wildman–Crippen LogP) is 7.15. The second-order valence-corrected chi connectivity index (χ2v) is 16.8. The Morgan fingerprint density at radius 3 is 2.09 bits per heavy atom. The van der Waals surface area contributed by atoms with Crippen molar-refractivity contribution >= 4 is 56.5 Å². The Kier molecular flexibility index (Phi) is 17.0. The number of aromatic amines is 1. The molecule has 3 aliphatic rings. The number of carbonyl (C=O) groups excluding carboxylic acids is 4. The molecule has 12 nitrogen and oxygen atoms in total. The van der Waals surface area contributed by atoms with E-state index in [2.05, 4.69) is 19.8 Å². The molecule has 2 aliphatic heterocycles. The van der Waals surface area contributed by atoms with Crippen LogP contribution in [0.1, 0.15) is 119 Å². The molecule has 0 spiro atoms. The van der Waals surface area contributed by atoms with Crippen molar-refractivity contribution in [3.63, 3.8) is 0 Å². The number of nitrogens with one attached hydrogen (secondary N) is 3. The fourth-order valence-corrected chi connectivity index (χ4v) is 7.58. The largest absolute Gasteiger partial charge is 0.444 e. The smallest absolute Gasteiger partial charge is 0.405 e. The lowest BCUT2D eigenvalue weighted by molar-refractivity contribution is -0.141. The summed E-state index contributed by atoms with van der Waals surface area (Å²) in [6, 6.07) is 14.8. The number of nitrogens with zero attached hydrogens (tertiary/aromatic N) is 1. The fourth-order valence-electron chi connectivity index (χ4n) is 6.44. The van der Waals surface area contributed by atoms with Gasteiger partial charge in [0.15, 0.2) is 0 Å². The van der Waals surface area contributed by atoms with Crippen molar-refractivity contribution in [3.05, 3.63) is 58.9 Å². The molecule has 2 saturated heterocycles. The molecule has 6 rings (SSSR count). The highest BCUT2D eigenvalue weighted by Crippen LogP contribution is 2.32. The molecule has 3 atom stereocenters. The maximum Gasteiger partial charge on any atom is 0.405 e. The summed E-state index contributed by atoms with van der Waals surface area (Å²) in [6.07, 6.45) is 3.33. The third-order valence-electron chi connectivity index (χ3n) is 9.51. The Morgan fingerprint density at radius 2 is 1.48 bits per heavy atom. The summed E-state index contributed by atoms with van der Waals surface area (Å²) < 4.78 is 48.1. The molecule has 2 unspecified atom stereocenters. The van der Waals surface area contributed by atoms with Crippen LogP contribution in [0.4, 0.5) is 13.6 Å². The molecule has 1 aromatic heterocycles. The lowest BCUT2D eigenvalue weighted by Gasteiger charge is -2.33. The standard InChI is InChI=1S/C21H33F2N3O4S.C13H9NO.C5H11NO2.C2H6/c1-20(19(29)25-31(30)15-9-10-15)12-13-21(22,23)11-5-3-2-4-8-17(27)26-14-6-7-16(26)18(28)24-20;15-13-11-7-2-1-5-9(11)10-6-3-4-8-12(10)14-13;1-5(2,3)8-4(6)7;1-2/h15-16H,2-14H2,1H3,(H,24,28)(H,25,29);1-8H,(H,14,15);1-3H3,(H2,6,7);1-2H3/t16?,20-,31?;;;/m1.../s1. The van der Waals surface area contributed by atoms with E-state index in [-0.39, 0.29) is 36.0 Å². The second-order valence-electron chi connectivity index (χ2n) is 15.3. The summed E-state index contributed by atoms with van der Waals surface area (Å²) in [4.78, 5) is 64.8. The molecule has 3 heterocycles. The maximum absolute atomic E-state index is 14.5. The molecule has 2 aromatic carbocycles. The van der Waals surface area contributed by atoms with E-state index in [1.54, 1.807) is 25.7 Å². The number of hydrogen-bond acceptors (Lipinski definition) is 7. The number of H-pyrrole nitrogens is 1. The number of ether oxygens (including phenoxy) is 1. The normalized spacial score (nSPS) is 22.1. The van der Waals surface area contributed by atoms with E-state index in [9.17, 15) is 37.0 Å². The molecule has 0 radical (unpaired) electrons. The van der Waals surface area contributed by atoms with Crippen LogP contribution in [-0.2, 0) is 30.1 Å². The van der Waals surface area contributed by atoms with E-state index in [0.29, 0.717) is 45.1 Å². The number of fused-ring (bicyclic) bond motifs is 4. The fraction of sp³-hybridized carbons (Fsp3) is 0.585. The van der Waals surface area contributed by atoms with Gasteiger partial charge in [-0.3, -0.25) is 23.9 Å². The van der Waals surface area contributed by atoms with E-state index in [0.717, 1.165) is 34.5 Å². The number of aromatic nitrogens is 1. The second kappa shape index (κ2) is 20.7. The number of amides is 4. The van der Waals surface area contributed by atoms with Gasteiger partial charge in [0.1, 0.15) is 28.2 Å². The van der Waals surface area contributed by atoms with Crippen molar-refractivity contribution in [1.29, 1.82) is 0 Å². The number of para-hydroxylation sites is 1. The Labute approximate surface area is 330 Å². The molecule has 3 aromatic rings. The summed E-state index contributed by atoms with van der Waals surface area (Å²) in [5, 5.41) is 5.38. The van der Waals surface area contributed by atoms with Crippen LogP contribution in [-0.4, -0.2) is 72.8 Å². The van der Waals surface area contributed by atoms with E-state index in [1.165, 1.54) is 6.92 Å². The number of primary amides is 1. The summed E-state index contributed by atoms with van der Waals surface area (Å²) >= 11 is 0. The molecule has 0 bridgehead atoms. The first-order chi connectivity index (χ1) is 26.4. The zero-order chi connectivity index (χ0) is 41.7. The van der Waals surface area contributed by atoms with Gasteiger partial charge >= 0.3 is 6.09 Å². The lowest BCUT2D eigenvalue weighted by Crippen LogP contribution is -2.61. The van der Waals surface area contributed by atoms with Crippen LogP contribution >= 0.6 is 0 Å². The quantitative estimate of drug-likeness (QED) is 0.203. The van der Waals surface area contributed by atoms with Gasteiger partial charge in [0, 0.05) is 42.1 Å². The van der Waals surface area contributed by atoms with Gasteiger partial charge in [-0.2, -0.15) is 0 Å².